The maximum atomic E-state index is 8.36. The van der Waals surface area contributed by atoms with Gasteiger partial charge in [0.2, 0.25) is 5.95 Å². The third-order valence-electron chi connectivity index (χ3n) is 5.90. The molecular weight excluding hydrogens is 422 g/mol. The number of rotatable bonds is 7. The van der Waals surface area contributed by atoms with E-state index in [2.05, 4.69) is 25.4 Å². The van der Waals surface area contributed by atoms with Crippen molar-refractivity contribution in [2.75, 3.05) is 5.32 Å². The van der Waals surface area contributed by atoms with Crippen molar-refractivity contribution in [3.05, 3.63) is 47.5 Å². The second-order valence-electron chi connectivity index (χ2n) is 8.37. The summed E-state index contributed by atoms with van der Waals surface area (Å²) >= 11 is 0. The largest absolute Gasteiger partial charge is 0.489 e. The lowest BCUT2D eigenvalue weighted by Crippen LogP contribution is -2.19. The van der Waals surface area contributed by atoms with Gasteiger partial charge >= 0.3 is 0 Å². The summed E-state index contributed by atoms with van der Waals surface area (Å²) in [5.74, 6) is 2.71. The van der Waals surface area contributed by atoms with Crippen LogP contribution in [0, 0.1) is 6.92 Å². The predicted molar refractivity (Wildman–Crippen MR) is 122 cm³/mol. The molecule has 2 aliphatic carbocycles. The molecule has 0 radical (unpaired) electrons. The molecular formula is C24H29N5O4. The number of nitrogens with zero attached hydrogens (tertiary/aromatic N) is 4. The molecule has 174 valence electrons. The number of aryl methyl sites for hydroxylation is 1. The summed E-state index contributed by atoms with van der Waals surface area (Å²) in [4.78, 5) is 21.9. The lowest BCUT2D eigenvalue weighted by Gasteiger charge is -2.22. The van der Waals surface area contributed by atoms with Crippen LogP contribution in [-0.4, -0.2) is 37.8 Å². The van der Waals surface area contributed by atoms with Crippen molar-refractivity contribution in [3.8, 4) is 17.2 Å². The Morgan fingerprint density at radius 1 is 1.15 bits per heavy atom. The summed E-state index contributed by atoms with van der Waals surface area (Å²) < 4.78 is 11.7. The van der Waals surface area contributed by atoms with Crippen molar-refractivity contribution in [3.63, 3.8) is 0 Å². The van der Waals surface area contributed by atoms with Gasteiger partial charge in [-0.15, -0.1) is 0 Å². The monoisotopic (exact) mass is 451 g/mol. The number of aromatic nitrogens is 4. The SMILES string of the molecule is Cc1noc(-c2ccc(OC3CCCCC3)cn2)c1CNc1nccc(C2CC2)n1.O=CO. The Labute approximate surface area is 192 Å². The Morgan fingerprint density at radius 2 is 1.94 bits per heavy atom. The van der Waals surface area contributed by atoms with E-state index in [4.69, 9.17) is 19.2 Å². The molecule has 0 bridgehead atoms. The van der Waals surface area contributed by atoms with Gasteiger partial charge in [-0.25, -0.2) is 15.0 Å². The maximum Gasteiger partial charge on any atom is 0.290 e. The van der Waals surface area contributed by atoms with Crippen LogP contribution in [0.1, 0.15) is 67.8 Å². The van der Waals surface area contributed by atoms with Crippen LogP contribution in [0.15, 0.2) is 35.1 Å². The van der Waals surface area contributed by atoms with Crippen molar-refractivity contribution in [1.82, 2.24) is 20.1 Å². The van der Waals surface area contributed by atoms with Crippen LogP contribution in [0.4, 0.5) is 5.95 Å². The first kappa shape index (κ1) is 22.7. The summed E-state index contributed by atoms with van der Waals surface area (Å²) in [5, 5.41) is 14.4. The summed E-state index contributed by atoms with van der Waals surface area (Å²) in [6.45, 7) is 2.22. The standard InChI is InChI=1S/C23H27N5O2.CH2O2/c1-15-19(14-26-23-24-12-11-20(27-23)16-7-8-16)22(30-28-15)21-10-9-18(13-25-21)29-17-5-3-2-4-6-17;2-1-3/h9-13,16-17H,2-8,14H2,1H3,(H,24,26,27);1H,(H,2,3). The highest BCUT2D eigenvalue weighted by Crippen LogP contribution is 2.39. The van der Waals surface area contributed by atoms with Crippen LogP contribution in [0.2, 0.25) is 0 Å². The Morgan fingerprint density at radius 3 is 2.64 bits per heavy atom. The van der Waals surface area contributed by atoms with Gasteiger partial charge in [0.1, 0.15) is 11.4 Å². The van der Waals surface area contributed by atoms with Crippen LogP contribution in [-0.2, 0) is 11.3 Å². The van der Waals surface area contributed by atoms with E-state index in [-0.39, 0.29) is 6.47 Å². The summed E-state index contributed by atoms with van der Waals surface area (Å²) in [5.41, 5.74) is 3.66. The molecule has 3 aromatic heterocycles. The lowest BCUT2D eigenvalue weighted by atomic mass is 9.98. The first-order valence-corrected chi connectivity index (χ1v) is 11.4. The fraction of sp³-hybridized carbons (Fsp3) is 0.458. The Balaban J connectivity index is 0.000000821. The van der Waals surface area contributed by atoms with Crippen molar-refractivity contribution in [2.24, 2.45) is 0 Å². The molecule has 0 spiro atoms. The average Bonchev–Trinajstić information content (AvgIpc) is 3.63. The molecule has 0 aliphatic heterocycles. The van der Waals surface area contributed by atoms with E-state index in [0.717, 1.165) is 41.2 Å². The normalized spacial score (nSPS) is 15.9. The Hall–Kier alpha value is -3.49. The molecule has 0 unspecified atom stereocenters. The van der Waals surface area contributed by atoms with Crippen molar-refractivity contribution < 1.29 is 19.2 Å². The van der Waals surface area contributed by atoms with Crippen LogP contribution in [0.25, 0.3) is 11.5 Å². The van der Waals surface area contributed by atoms with E-state index in [1.54, 1.807) is 6.20 Å². The number of carboxylic acid groups (broad SMARTS) is 1. The highest BCUT2D eigenvalue weighted by molar-refractivity contribution is 5.58. The zero-order valence-electron chi connectivity index (χ0n) is 18.7. The molecule has 3 heterocycles. The molecule has 2 aliphatic rings. The van der Waals surface area contributed by atoms with E-state index >= 15 is 0 Å². The van der Waals surface area contributed by atoms with Gasteiger partial charge in [0, 0.05) is 29.9 Å². The minimum atomic E-state index is -0.250. The highest BCUT2D eigenvalue weighted by Gasteiger charge is 2.25. The minimum Gasteiger partial charge on any atom is -0.489 e. The lowest BCUT2D eigenvalue weighted by molar-refractivity contribution is -0.122. The molecule has 33 heavy (non-hydrogen) atoms. The van der Waals surface area contributed by atoms with Crippen LogP contribution < -0.4 is 10.1 Å². The van der Waals surface area contributed by atoms with Crippen LogP contribution in [0.5, 0.6) is 5.75 Å². The summed E-state index contributed by atoms with van der Waals surface area (Å²) in [6, 6.07) is 5.90. The second-order valence-corrected chi connectivity index (χ2v) is 8.37. The average molecular weight is 452 g/mol. The third kappa shape index (κ3) is 6.06. The molecule has 0 amide bonds. The Kier molecular flexibility index (Phi) is 7.49. The second kappa shape index (κ2) is 10.9. The van der Waals surface area contributed by atoms with E-state index in [1.807, 2.05) is 31.3 Å². The highest BCUT2D eigenvalue weighted by atomic mass is 16.5. The summed E-state index contributed by atoms with van der Waals surface area (Å²) in [6.07, 6.45) is 12.4. The van der Waals surface area contributed by atoms with Gasteiger partial charge in [-0.2, -0.15) is 0 Å². The van der Waals surface area contributed by atoms with Crippen LogP contribution in [0.3, 0.4) is 0 Å². The number of anilines is 1. The third-order valence-corrected chi connectivity index (χ3v) is 5.90. The first-order valence-electron chi connectivity index (χ1n) is 11.4. The Bertz CT molecular complexity index is 1040. The number of hydrogen-bond acceptors (Lipinski definition) is 8. The predicted octanol–water partition coefficient (Wildman–Crippen LogP) is 4.74. The van der Waals surface area contributed by atoms with Gasteiger partial charge in [0.05, 0.1) is 18.0 Å². The molecule has 2 saturated carbocycles. The zero-order chi connectivity index (χ0) is 23.0. The maximum absolute atomic E-state index is 8.36. The number of ether oxygens (including phenoxy) is 1. The number of hydrogen-bond donors (Lipinski definition) is 2. The number of carbonyl (C=O) groups is 1. The molecule has 9 nitrogen and oxygen atoms in total. The molecule has 3 aromatic rings. The molecule has 2 N–H and O–H groups in total. The topological polar surface area (TPSA) is 123 Å². The smallest absolute Gasteiger partial charge is 0.290 e. The van der Waals surface area contributed by atoms with Crippen molar-refractivity contribution in [1.29, 1.82) is 0 Å². The van der Waals surface area contributed by atoms with Gasteiger partial charge in [-0.3, -0.25) is 4.79 Å². The first-order chi connectivity index (χ1) is 16.2. The van der Waals surface area contributed by atoms with E-state index in [1.165, 1.54) is 32.1 Å². The van der Waals surface area contributed by atoms with Gasteiger partial charge in [-0.1, -0.05) is 11.6 Å². The molecule has 2 fully saturated rings. The quantitative estimate of drug-likeness (QED) is 0.490. The molecule has 0 aromatic carbocycles. The molecule has 0 saturated heterocycles. The van der Waals surface area contributed by atoms with Crippen molar-refractivity contribution in [2.45, 2.75) is 70.4 Å². The van der Waals surface area contributed by atoms with Gasteiger partial charge < -0.3 is 19.7 Å². The summed E-state index contributed by atoms with van der Waals surface area (Å²) in [7, 11) is 0. The van der Waals surface area contributed by atoms with E-state index < -0.39 is 0 Å². The minimum absolute atomic E-state index is 0.250. The zero-order valence-corrected chi connectivity index (χ0v) is 18.7. The molecule has 5 rings (SSSR count). The molecule has 9 heteroatoms. The number of nitrogens with one attached hydrogen (secondary N) is 1. The van der Waals surface area contributed by atoms with Gasteiger partial charge in [0.15, 0.2) is 5.76 Å². The van der Waals surface area contributed by atoms with Gasteiger partial charge in [0.25, 0.3) is 6.47 Å². The van der Waals surface area contributed by atoms with Crippen molar-refractivity contribution >= 4 is 12.4 Å². The fourth-order valence-electron chi connectivity index (χ4n) is 3.99. The molecule has 0 atom stereocenters. The van der Waals surface area contributed by atoms with E-state index in [0.29, 0.717) is 30.3 Å². The van der Waals surface area contributed by atoms with E-state index in [9.17, 15) is 0 Å². The van der Waals surface area contributed by atoms with Crippen LogP contribution >= 0.6 is 0 Å². The van der Waals surface area contributed by atoms with Gasteiger partial charge in [-0.05, 0) is 63.6 Å². The fourth-order valence-corrected chi connectivity index (χ4v) is 3.99. The number of pyridine rings is 1.